The number of nitrogens with one attached hydrogen (secondary N) is 1. The summed E-state index contributed by atoms with van der Waals surface area (Å²) in [6.45, 7) is 1.91. The molecule has 4 nitrogen and oxygen atoms in total. The van der Waals surface area contributed by atoms with Crippen LogP contribution >= 0.6 is 0 Å². The van der Waals surface area contributed by atoms with E-state index in [1.165, 1.54) is 12.1 Å². The van der Waals surface area contributed by atoms with Gasteiger partial charge in [-0.05, 0) is 37.3 Å². The molecule has 0 aliphatic carbocycles. The predicted octanol–water partition coefficient (Wildman–Crippen LogP) is 2.92. The molecule has 0 bridgehead atoms. The number of anilines is 2. The first-order valence-corrected chi connectivity index (χ1v) is 5.56. The molecule has 0 unspecified atom stereocenters. The van der Waals surface area contributed by atoms with Gasteiger partial charge in [-0.3, -0.25) is 0 Å². The number of hydrogen-bond donors (Lipinski definition) is 1. The molecule has 0 aliphatic rings. The van der Waals surface area contributed by atoms with Gasteiger partial charge in [-0.25, -0.2) is 9.37 Å². The molecule has 2 heterocycles. The van der Waals surface area contributed by atoms with E-state index in [4.69, 9.17) is 0 Å². The molecule has 18 heavy (non-hydrogen) atoms. The van der Waals surface area contributed by atoms with Crippen LogP contribution in [-0.4, -0.2) is 14.6 Å². The van der Waals surface area contributed by atoms with Crippen molar-refractivity contribution in [1.29, 1.82) is 0 Å². The van der Waals surface area contributed by atoms with Gasteiger partial charge in [0.25, 0.3) is 0 Å². The fraction of sp³-hybridized carbons (Fsp3) is 0.0769. The van der Waals surface area contributed by atoms with Gasteiger partial charge in [-0.1, -0.05) is 0 Å². The summed E-state index contributed by atoms with van der Waals surface area (Å²) in [5.41, 5.74) is 2.48. The van der Waals surface area contributed by atoms with Gasteiger partial charge in [0.1, 0.15) is 11.6 Å². The summed E-state index contributed by atoms with van der Waals surface area (Å²) in [6.07, 6.45) is 1.71. The monoisotopic (exact) mass is 242 g/mol. The lowest BCUT2D eigenvalue weighted by Gasteiger charge is -2.07. The maximum atomic E-state index is 12.8. The minimum atomic E-state index is -0.254. The fourth-order valence-electron chi connectivity index (χ4n) is 1.79. The Morgan fingerprint density at radius 1 is 1.17 bits per heavy atom. The van der Waals surface area contributed by atoms with Gasteiger partial charge in [0.2, 0.25) is 0 Å². The molecule has 3 rings (SSSR count). The summed E-state index contributed by atoms with van der Waals surface area (Å²) in [4.78, 5) is 4.22. The lowest BCUT2D eigenvalue weighted by Crippen LogP contribution is -2.00. The van der Waals surface area contributed by atoms with Crippen LogP contribution in [0.3, 0.4) is 0 Å². The zero-order valence-electron chi connectivity index (χ0n) is 9.76. The van der Waals surface area contributed by atoms with Gasteiger partial charge in [0.15, 0.2) is 5.65 Å². The van der Waals surface area contributed by atoms with Gasteiger partial charge in [-0.2, -0.15) is 9.61 Å². The van der Waals surface area contributed by atoms with Crippen molar-refractivity contribution in [3.05, 3.63) is 54.1 Å². The van der Waals surface area contributed by atoms with Gasteiger partial charge in [0, 0.05) is 18.0 Å². The number of rotatable bonds is 2. The second-order valence-electron chi connectivity index (χ2n) is 4.02. The van der Waals surface area contributed by atoms with E-state index >= 15 is 0 Å². The van der Waals surface area contributed by atoms with Crippen molar-refractivity contribution in [2.24, 2.45) is 0 Å². The summed E-state index contributed by atoms with van der Waals surface area (Å²) in [5.74, 6) is 0.537. The first-order valence-electron chi connectivity index (χ1n) is 5.56. The van der Waals surface area contributed by atoms with Gasteiger partial charge in [-0.15, -0.1) is 0 Å². The lowest BCUT2D eigenvalue weighted by atomic mass is 10.3. The van der Waals surface area contributed by atoms with Crippen molar-refractivity contribution in [1.82, 2.24) is 14.6 Å². The standard InChI is InChI=1S/C13H11FN4/c1-9-8-13-15-7-6-12(18(13)17-9)16-11-4-2-10(14)3-5-11/h2-8,16H,1H3. The molecule has 0 saturated carbocycles. The van der Waals surface area contributed by atoms with E-state index in [2.05, 4.69) is 15.4 Å². The first-order chi connectivity index (χ1) is 8.72. The second kappa shape index (κ2) is 4.10. The Bertz CT molecular complexity index is 688. The topological polar surface area (TPSA) is 42.2 Å². The van der Waals surface area contributed by atoms with Crippen LogP contribution in [0, 0.1) is 12.7 Å². The van der Waals surface area contributed by atoms with Crippen LogP contribution in [0.5, 0.6) is 0 Å². The number of benzene rings is 1. The molecule has 0 saturated heterocycles. The Kier molecular flexibility index (Phi) is 2.44. The minimum Gasteiger partial charge on any atom is -0.340 e. The molecule has 0 fully saturated rings. The zero-order valence-corrected chi connectivity index (χ0v) is 9.76. The van der Waals surface area contributed by atoms with Crippen molar-refractivity contribution < 1.29 is 4.39 Å². The molecule has 0 amide bonds. The van der Waals surface area contributed by atoms with Gasteiger partial charge in [0.05, 0.1) is 5.69 Å². The van der Waals surface area contributed by atoms with E-state index < -0.39 is 0 Å². The number of aryl methyl sites for hydroxylation is 1. The van der Waals surface area contributed by atoms with Crippen LogP contribution in [0.2, 0.25) is 0 Å². The van der Waals surface area contributed by atoms with Crippen LogP contribution in [0.4, 0.5) is 15.9 Å². The smallest absolute Gasteiger partial charge is 0.157 e. The molecule has 1 N–H and O–H groups in total. The lowest BCUT2D eigenvalue weighted by molar-refractivity contribution is 0.628. The number of halogens is 1. The molecular formula is C13H11FN4. The summed E-state index contributed by atoms with van der Waals surface area (Å²) < 4.78 is 14.5. The molecular weight excluding hydrogens is 231 g/mol. The van der Waals surface area contributed by atoms with E-state index in [-0.39, 0.29) is 5.82 Å². The molecule has 5 heteroatoms. The van der Waals surface area contributed by atoms with Crippen LogP contribution in [0.15, 0.2) is 42.6 Å². The Morgan fingerprint density at radius 3 is 2.72 bits per heavy atom. The Labute approximate surface area is 103 Å². The van der Waals surface area contributed by atoms with Crippen LogP contribution in [-0.2, 0) is 0 Å². The second-order valence-corrected chi connectivity index (χ2v) is 4.02. The van der Waals surface area contributed by atoms with E-state index in [0.29, 0.717) is 0 Å². The maximum absolute atomic E-state index is 12.8. The number of hydrogen-bond acceptors (Lipinski definition) is 3. The highest BCUT2D eigenvalue weighted by atomic mass is 19.1. The van der Waals surface area contributed by atoms with Crippen LogP contribution < -0.4 is 5.32 Å². The molecule has 1 aromatic carbocycles. The summed E-state index contributed by atoms with van der Waals surface area (Å²) >= 11 is 0. The Morgan fingerprint density at radius 2 is 1.94 bits per heavy atom. The van der Waals surface area contributed by atoms with E-state index in [0.717, 1.165) is 22.8 Å². The first kappa shape index (κ1) is 10.7. The van der Waals surface area contributed by atoms with E-state index in [1.54, 1.807) is 22.8 Å². The molecule has 0 atom stereocenters. The Hall–Kier alpha value is -2.43. The van der Waals surface area contributed by atoms with Crippen LogP contribution in [0.1, 0.15) is 5.69 Å². The molecule has 90 valence electrons. The third-order valence-corrected chi connectivity index (χ3v) is 2.60. The fourth-order valence-corrected chi connectivity index (χ4v) is 1.79. The van der Waals surface area contributed by atoms with E-state index in [9.17, 15) is 4.39 Å². The zero-order chi connectivity index (χ0) is 12.5. The third kappa shape index (κ3) is 1.90. The highest BCUT2D eigenvalue weighted by molar-refractivity contribution is 5.59. The van der Waals surface area contributed by atoms with Crippen molar-refractivity contribution in [2.45, 2.75) is 6.92 Å². The highest BCUT2D eigenvalue weighted by Crippen LogP contribution is 2.17. The van der Waals surface area contributed by atoms with Crippen molar-refractivity contribution in [3.8, 4) is 0 Å². The maximum Gasteiger partial charge on any atom is 0.157 e. The predicted molar refractivity (Wildman–Crippen MR) is 67.4 cm³/mol. The largest absolute Gasteiger partial charge is 0.340 e. The normalized spacial score (nSPS) is 10.8. The van der Waals surface area contributed by atoms with E-state index in [1.807, 2.05) is 19.1 Å². The van der Waals surface area contributed by atoms with Gasteiger partial charge < -0.3 is 5.32 Å². The minimum absolute atomic E-state index is 0.254. The number of fused-ring (bicyclic) bond motifs is 1. The molecule has 2 aromatic heterocycles. The average molecular weight is 242 g/mol. The summed E-state index contributed by atoms with van der Waals surface area (Å²) in [6, 6.07) is 9.90. The van der Waals surface area contributed by atoms with Crippen molar-refractivity contribution >= 4 is 17.2 Å². The molecule has 3 aromatic rings. The SMILES string of the molecule is Cc1cc2nccc(Nc3ccc(F)cc3)n2n1. The van der Waals surface area contributed by atoms with Crippen molar-refractivity contribution in [3.63, 3.8) is 0 Å². The highest BCUT2D eigenvalue weighted by Gasteiger charge is 2.04. The Balaban J connectivity index is 2.01. The third-order valence-electron chi connectivity index (χ3n) is 2.60. The molecule has 0 spiro atoms. The number of nitrogens with zero attached hydrogens (tertiary/aromatic N) is 3. The number of aromatic nitrogens is 3. The van der Waals surface area contributed by atoms with Crippen molar-refractivity contribution in [2.75, 3.05) is 5.32 Å². The van der Waals surface area contributed by atoms with Gasteiger partial charge >= 0.3 is 0 Å². The summed E-state index contributed by atoms with van der Waals surface area (Å²) in [7, 11) is 0. The quantitative estimate of drug-likeness (QED) is 0.751. The molecule has 0 aliphatic heterocycles. The molecule has 0 radical (unpaired) electrons. The van der Waals surface area contributed by atoms with Crippen LogP contribution in [0.25, 0.3) is 5.65 Å². The average Bonchev–Trinajstić information content (AvgIpc) is 2.73. The summed E-state index contributed by atoms with van der Waals surface area (Å²) in [5, 5.41) is 7.53.